The van der Waals surface area contributed by atoms with E-state index < -0.39 is 17.2 Å². The summed E-state index contributed by atoms with van der Waals surface area (Å²) >= 11 is 0. The maximum absolute atomic E-state index is 11.6. The first kappa shape index (κ1) is 15.2. The first-order valence-electron chi connectivity index (χ1n) is 5.33. The van der Waals surface area contributed by atoms with Crippen LogP contribution in [0.4, 0.5) is 4.79 Å². The van der Waals surface area contributed by atoms with Crippen molar-refractivity contribution >= 4 is 6.09 Å². The van der Waals surface area contributed by atoms with Crippen molar-refractivity contribution in [1.29, 1.82) is 0 Å². The molecule has 5 nitrogen and oxygen atoms in total. The summed E-state index contributed by atoms with van der Waals surface area (Å²) in [4.78, 5) is 11.6. The fourth-order valence-corrected chi connectivity index (χ4v) is 1.29. The summed E-state index contributed by atoms with van der Waals surface area (Å²) in [6.45, 7) is 7.50. The summed E-state index contributed by atoms with van der Waals surface area (Å²) in [6, 6.07) is 0. The van der Waals surface area contributed by atoms with Gasteiger partial charge in [0, 0.05) is 13.7 Å². The minimum absolute atomic E-state index is 0.0182. The fraction of sp³-hybridized carbons (Fsp3) is 0.909. The molecule has 16 heavy (non-hydrogen) atoms. The molecule has 0 aromatic rings. The van der Waals surface area contributed by atoms with Crippen LogP contribution < -0.4 is 5.32 Å². The number of nitrogens with one attached hydrogen (secondary N) is 1. The van der Waals surface area contributed by atoms with Gasteiger partial charge in [-0.15, -0.1) is 0 Å². The molecule has 0 aliphatic carbocycles. The molecule has 96 valence electrons. The van der Waals surface area contributed by atoms with Crippen molar-refractivity contribution in [3.8, 4) is 0 Å². The van der Waals surface area contributed by atoms with Gasteiger partial charge in [-0.3, -0.25) is 0 Å². The molecular formula is C11H23NO4. The van der Waals surface area contributed by atoms with Crippen molar-refractivity contribution in [1.82, 2.24) is 5.32 Å². The largest absolute Gasteiger partial charge is 0.444 e. The van der Waals surface area contributed by atoms with Crippen LogP contribution in [0.5, 0.6) is 0 Å². The van der Waals surface area contributed by atoms with E-state index in [0.717, 1.165) is 0 Å². The van der Waals surface area contributed by atoms with E-state index in [1.807, 2.05) is 0 Å². The molecule has 0 saturated heterocycles. The number of hydrogen-bond acceptors (Lipinski definition) is 4. The quantitative estimate of drug-likeness (QED) is 0.751. The molecule has 0 radical (unpaired) electrons. The van der Waals surface area contributed by atoms with Gasteiger partial charge in [0.1, 0.15) is 5.60 Å². The molecule has 1 atom stereocenters. The number of ether oxygens (including phenoxy) is 2. The number of carbonyl (C=O) groups is 1. The second-order valence-corrected chi connectivity index (χ2v) is 5.09. The standard InChI is InChI=1S/C11H23NO4/c1-10(2,3)16-9(14)12-11(4,6-7-13)8-15-5/h13H,6-8H2,1-5H3,(H,12,14). The molecule has 0 aromatic heterocycles. The minimum atomic E-state index is -0.605. The SMILES string of the molecule is COCC(C)(CCO)NC(=O)OC(C)(C)C. The molecule has 0 rings (SSSR count). The number of carbonyl (C=O) groups excluding carboxylic acids is 1. The van der Waals surface area contributed by atoms with E-state index >= 15 is 0 Å². The molecule has 0 spiro atoms. The van der Waals surface area contributed by atoms with Crippen LogP contribution in [0.1, 0.15) is 34.1 Å². The zero-order chi connectivity index (χ0) is 12.8. The summed E-state index contributed by atoms with van der Waals surface area (Å²) in [5.41, 5.74) is -1.14. The Morgan fingerprint density at radius 1 is 1.31 bits per heavy atom. The van der Waals surface area contributed by atoms with Crippen molar-refractivity contribution in [2.75, 3.05) is 20.3 Å². The Morgan fingerprint density at radius 3 is 2.25 bits per heavy atom. The summed E-state index contributed by atoms with van der Waals surface area (Å²) in [7, 11) is 1.55. The van der Waals surface area contributed by atoms with Gasteiger partial charge in [0.2, 0.25) is 0 Å². The molecular weight excluding hydrogens is 210 g/mol. The summed E-state index contributed by atoms with van der Waals surface area (Å²) in [5, 5.41) is 11.6. The third-order valence-corrected chi connectivity index (χ3v) is 1.93. The smallest absolute Gasteiger partial charge is 0.408 e. The maximum atomic E-state index is 11.6. The molecule has 0 fully saturated rings. The number of aliphatic hydroxyl groups excluding tert-OH is 1. The Labute approximate surface area is 97.1 Å². The van der Waals surface area contributed by atoms with Crippen LogP contribution >= 0.6 is 0 Å². The van der Waals surface area contributed by atoms with E-state index in [2.05, 4.69) is 5.32 Å². The highest BCUT2D eigenvalue weighted by Crippen LogP contribution is 2.12. The third-order valence-electron chi connectivity index (χ3n) is 1.93. The van der Waals surface area contributed by atoms with Crippen molar-refractivity contribution in [3.05, 3.63) is 0 Å². The monoisotopic (exact) mass is 233 g/mol. The van der Waals surface area contributed by atoms with Crippen LogP contribution in [0, 0.1) is 0 Å². The van der Waals surface area contributed by atoms with E-state index in [1.54, 1.807) is 34.8 Å². The highest BCUT2D eigenvalue weighted by atomic mass is 16.6. The van der Waals surface area contributed by atoms with Gasteiger partial charge in [-0.1, -0.05) is 0 Å². The lowest BCUT2D eigenvalue weighted by atomic mass is 10.00. The Bertz CT molecular complexity index is 217. The molecule has 0 bridgehead atoms. The van der Waals surface area contributed by atoms with Crippen LogP contribution in [-0.4, -0.2) is 42.7 Å². The Morgan fingerprint density at radius 2 is 1.88 bits per heavy atom. The predicted molar refractivity (Wildman–Crippen MR) is 61.4 cm³/mol. The van der Waals surface area contributed by atoms with Crippen molar-refractivity contribution in [2.45, 2.75) is 45.3 Å². The summed E-state index contributed by atoms with van der Waals surface area (Å²) in [5.74, 6) is 0. The lowest BCUT2D eigenvalue weighted by Crippen LogP contribution is -2.51. The zero-order valence-corrected chi connectivity index (χ0v) is 10.8. The number of aliphatic hydroxyl groups is 1. The molecule has 2 N–H and O–H groups in total. The Hall–Kier alpha value is -0.810. The van der Waals surface area contributed by atoms with E-state index in [1.165, 1.54) is 0 Å². The van der Waals surface area contributed by atoms with E-state index in [-0.39, 0.29) is 6.61 Å². The zero-order valence-electron chi connectivity index (χ0n) is 10.8. The van der Waals surface area contributed by atoms with Gasteiger partial charge < -0.3 is 19.9 Å². The van der Waals surface area contributed by atoms with Gasteiger partial charge in [-0.25, -0.2) is 4.79 Å². The van der Waals surface area contributed by atoms with Crippen LogP contribution in [0.2, 0.25) is 0 Å². The average Bonchev–Trinajstić information content (AvgIpc) is 1.99. The molecule has 0 aromatic carbocycles. The molecule has 0 aliphatic heterocycles. The summed E-state index contributed by atoms with van der Waals surface area (Å²) < 4.78 is 10.1. The molecule has 0 heterocycles. The second-order valence-electron chi connectivity index (χ2n) is 5.09. The van der Waals surface area contributed by atoms with Crippen LogP contribution in [0.25, 0.3) is 0 Å². The van der Waals surface area contributed by atoms with E-state index in [9.17, 15) is 4.79 Å². The number of methoxy groups -OCH3 is 1. The highest BCUT2D eigenvalue weighted by molar-refractivity contribution is 5.68. The van der Waals surface area contributed by atoms with Gasteiger partial charge in [0.25, 0.3) is 0 Å². The lowest BCUT2D eigenvalue weighted by molar-refractivity contribution is 0.0345. The highest BCUT2D eigenvalue weighted by Gasteiger charge is 2.28. The summed E-state index contributed by atoms with van der Waals surface area (Å²) in [6.07, 6.45) is -0.0828. The van der Waals surface area contributed by atoms with E-state index in [0.29, 0.717) is 13.0 Å². The van der Waals surface area contributed by atoms with Gasteiger partial charge in [-0.05, 0) is 34.1 Å². The topological polar surface area (TPSA) is 67.8 Å². The normalized spacial score (nSPS) is 15.4. The lowest BCUT2D eigenvalue weighted by Gasteiger charge is -2.30. The number of alkyl carbamates (subject to hydrolysis) is 1. The molecule has 0 saturated carbocycles. The minimum Gasteiger partial charge on any atom is -0.444 e. The molecule has 0 aliphatic rings. The fourth-order valence-electron chi connectivity index (χ4n) is 1.29. The molecule has 1 amide bonds. The van der Waals surface area contributed by atoms with Crippen molar-refractivity contribution < 1.29 is 19.4 Å². The van der Waals surface area contributed by atoms with Crippen molar-refractivity contribution in [2.24, 2.45) is 0 Å². The van der Waals surface area contributed by atoms with Gasteiger partial charge in [0.05, 0.1) is 12.1 Å². The van der Waals surface area contributed by atoms with Crippen LogP contribution in [0.3, 0.4) is 0 Å². The van der Waals surface area contributed by atoms with Gasteiger partial charge in [0.15, 0.2) is 0 Å². The van der Waals surface area contributed by atoms with E-state index in [4.69, 9.17) is 14.6 Å². The number of amides is 1. The Kier molecular flexibility index (Phi) is 5.75. The maximum Gasteiger partial charge on any atom is 0.408 e. The predicted octanol–water partition coefficient (Wildman–Crippen LogP) is 1.30. The molecule has 5 heteroatoms. The van der Waals surface area contributed by atoms with Crippen LogP contribution in [-0.2, 0) is 9.47 Å². The van der Waals surface area contributed by atoms with Gasteiger partial charge in [-0.2, -0.15) is 0 Å². The molecule has 1 unspecified atom stereocenters. The Balaban J connectivity index is 4.34. The van der Waals surface area contributed by atoms with Crippen LogP contribution in [0.15, 0.2) is 0 Å². The van der Waals surface area contributed by atoms with Gasteiger partial charge >= 0.3 is 6.09 Å². The third kappa shape index (κ3) is 6.63. The number of rotatable bonds is 5. The first-order valence-corrected chi connectivity index (χ1v) is 5.33. The average molecular weight is 233 g/mol. The first-order chi connectivity index (χ1) is 7.22. The second kappa shape index (κ2) is 6.06. The number of hydrogen-bond donors (Lipinski definition) is 2. The van der Waals surface area contributed by atoms with Crippen molar-refractivity contribution in [3.63, 3.8) is 0 Å².